The second kappa shape index (κ2) is 5.81. The Kier molecular flexibility index (Phi) is 3.83. The van der Waals surface area contributed by atoms with Crippen molar-refractivity contribution in [2.45, 2.75) is 25.9 Å². The molecule has 120 valence electrons. The number of benzene rings is 1. The molecule has 2 N–H and O–H groups in total. The number of H-pyrrole nitrogens is 1. The zero-order chi connectivity index (χ0) is 16.6. The fraction of sp³-hybridized carbons (Fsp3) is 0.333. The highest BCUT2D eigenvalue weighted by molar-refractivity contribution is 6.22. The monoisotopic (exact) mass is 317 g/mol. The number of aromatic nitrogens is 2. The summed E-state index contributed by atoms with van der Waals surface area (Å²) in [5.74, 6) is -0.580. The normalized spacial score (nSPS) is 18.0. The third kappa shape index (κ3) is 2.80. The van der Waals surface area contributed by atoms with E-state index < -0.39 is 11.7 Å². The highest BCUT2D eigenvalue weighted by Crippen LogP contribution is 2.23. The van der Waals surface area contributed by atoms with E-state index in [-0.39, 0.29) is 24.8 Å². The van der Waals surface area contributed by atoms with Crippen molar-refractivity contribution in [3.8, 4) is 0 Å². The molecule has 1 unspecified atom stereocenters. The van der Waals surface area contributed by atoms with Crippen LogP contribution in [0.25, 0.3) is 0 Å². The molecule has 3 rings (SSSR count). The quantitative estimate of drug-likeness (QED) is 0.586. The van der Waals surface area contributed by atoms with Crippen molar-refractivity contribution >= 4 is 17.5 Å². The Bertz CT molecular complexity index is 806. The number of nitrogens with zero attached hydrogens (tertiary/aromatic N) is 2. The highest BCUT2D eigenvalue weighted by atomic mass is 16.5. The number of rotatable bonds is 4. The van der Waals surface area contributed by atoms with Gasteiger partial charge in [-0.05, 0) is 24.3 Å². The zero-order valence-electron chi connectivity index (χ0n) is 12.8. The number of hydrogen-bond donors (Lipinski definition) is 2. The molecule has 0 aliphatic carbocycles. The summed E-state index contributed by atoms with van der Waals surface area (Å²) in [5.41, 5.74) is 1.45. The number of carbonyl (C=O) groups excluding carboxylic acids is 2. The molecular weight excluding hydrogens is 300 g/mol. The summed E-state index contributed by atoms with van der Waals surface area (Å²) in [5, 5.41) is 5.34. The lowest BCUT2D eigenvalue weighted by molar-refractivity contribution is -0.746. The lowest BCUT2D eigenvalue weighted by Crippen LogP contribution is -2.43. The number of imide groups is 1. The first-order chi connectivity index (χ1) is 11.0. The predicted octanol–water partition coefficient (Wildman–Crippen LogP) is -0.477. The van der Waals surface area contributed by atoms with Crippen LogP contribution in [0.1, 0.15) is 17.7 Å². The van der Waals surface area contributed by atoms with Gasteiger partial charge >= 0.3 is 11.3 Å². The average Bonchev–Trinajstić information content (AvgIpc) is 2.98. The van der Waals surface area contributed by atoms with E-state index in [4.69, 9.17) is 0 Å². The molecular formula is C15H17N4O4+. The van der Waals surface area contributed by atoms with E-state index >= 15 is 0 Å². The molecule has 1 aromatic heterocycles. The molecule has 0 bridgehead atoms. The van der Waals surface area contributed by atoms with Gasteiger partial charge in [0.15, 0.2) is 7.05 Å². The Morgan fingerprint density at radius 2 is 2.00 bits per heavy atom. The first-order valence-electron chi connectivity index (χ1n) is 7.20. The summed E-state index contributed by atoms with van der Waals surface area (Å²) in [6.45, 7) is 2.07. The zero-order valence-corrected chi connectivity index (χ0v) is 12.8. The molecule has 8 nitrogen and oxygen atoms in total. The number of aryl methyl sites for hydroxylation is 2. The average molecular weight is 317 g/mol. The Morgan fingerprint density at radius 1 is 1.30 bits per heavy atom. The van der Waals surface area contributed by atoms with Gasteiger partial charge in [-0.3, -0.25) is 19.4 Å². The van der Waals surface area contributed by atoms with Gasteiger partial charge in [-0.2, -0.15) is 0 Å². The minimum atomic E-state index is -0.655. The summed E-state index contributed by atoms with van der Waals surface area (Å²) < 4.78 is 6.07. The molecule has 8 heteroatoms. The van der Waals surface area contributed by atoms with Crippen LogP contribution in [0.4, 0.5) is 5.69 Å². The number of amides is 2. The van der Waals surface area contributed by atoms with Crippen LogP contribution in [0.3, 0.4) is 0 Å². The number of nitrogens with one attached hydrogen (secondary N) is 2. The fourth-order valence-corrected chi connectivity index (χ4v) is 2.53. The van der Waals surface area contributed by atoms with Crippen LogP contribution in [0.2, 0.25) is 0 Å². The van der Waals surface area contributed by atoms with Gasteiger partial charge in [0.05, 0.1) is 24.7 Å². The molecule has 1 fully saturated rings. The van der Waals surface area contributed by atoms with Gasteiger partial charge in [-0.25, -0.2) is 9.69 Å². The summed E-state index contributed by atoms with van der Waals surface area (Å²) >= 11 is 0. The third-order valence-corrected chi connectivity index (χ3v) is 3.87. The maximum Gasteiger partial charge on any atom is 0.431 e. The van der Waals surface area contributed by atoms with E-state index in [0.717, 1.165) is 5.56 Å². The van der Waals surface area contributed by atoms with E-state index in [9.17, 15) is 14.4 Å². The van der Waals surface area contributed by atoms with Gasteiger partial charge in [-0.15, -0.1) is 0 Å². The van der Waals surface area contributed by atoms with Crippen molar-refractivity contribution in [3.63, 3.8) is 0 Å². The molecule has 1 aliphatic heterocycles. The van der Waals surface area contributed by atoms with Crippen LogP contribution in [0, 0.1) is 6.92 Å². The molecule has 1 atom stereocenters. The highest BCUT2D eigenvalue weighted by Gasteiger charge is 2.39. The van der Waals surface area contributed by atoms with Gasteiger partial charge < -0.3 is 0 Å². The lowest BCUT2D eigenvalue weighted by atomic mass is 10.2. The van der Waals surface area contributed by atoms with Crippen molar-refractivity contribution in [2.24, 2.45) is 7.05 Å². The first-order valence-corrected chi connectivity index (χ1v) is 7.20. The molecule has 1 saturated heterocycles. The van der Waals surface area contributed by atoms with Crippen molar-refractivity contribution in [1.82, 2.24) is 10.6 Å². The largest absolute Gasteiger partial charge is 0.431 e. The smallest absolute Gasteiger partial charge is 0.296 e. The number of carbonyl (C=O) groups is 2. The maximum atomic E-state index is 12.5. The van der Waals surface area contributed by atoms with Gasteiger partial charge in [-0.1, -0.05) is 22.4 Å². The van der Waals surface area contributed by atoms with Crippen LogP contribution < -0.4 is 20.5 Å². The van der Waals surface area contributed by atoms with E-state index in [2.05, 4.69) is 15.1 Å². The standard InChI is InChI=1S/C15H16N4O4/c1-9-3-5-10(6-4-9)19-13(20)7-11(14(19)21)16-8-12-15(22)23-17-18(12)2/h3-6,11,16H,7-8H2,1-2H3/p+1. The molecule has 0 spiro atoms. The molecule has 0 saturated carbocycles. The molecule has 23 heavy (non-hydrogen) atoms. The molecule has 2 aromatic rings. The topological polar surface area (TPSA) is 99.3 Å². The summed E-state index contributed by atoms with van der Waals surface area (Å²) in [6.07, 6.45) is 0.0617. The van der Waals surface area contributed by atoms with Crippen LogP contribution in [-0.2, 0) is 23.2 Å². The lowest BCUT2D eigenvalue weighted by Gasteiger charge is -2.15. The minimum absolute atomic E-state index is 0.0617. The van der Waals surface area contributed by atoms with Crippen LogP contribution in [-0.4, -0.2) is 23.1 Å². The van der Waals surface area contributed by atoms with E-state index in [1.165, 1.54) is 9.58 Å². The predicted molar refractivity (Wildman–Crippen MR) is 79.4 cm³/mol. The molecule has 2 heterocycles. The Labute approximate surface area is 131 Å². The second-order valence-corrected chi connectivity index (χ2v) is 5.53. The number of hydrogen-bond acceptors (Lipinski definition) is 5. The van der Waals surface area contributed by atoms with Crippen molar-refractivity contribution in [3.05, 3.63) is 45.9 Å². The molecule has 0 radical (unpaired) electrons. The van der Waals surface area contributed by atoms with Gasteiger partial charge in [0.1, 0.15) is 0 Å². The Morgan fingerprint density at radius 3 is 2.61 bits per heavy atom. The SMILES string of the molecule is Cc1ccc(N2C(=O)CC(NCc3c(=O)o[nH][n+]3C)C2=O)cc1. The van der Waals surface area contributed by atoms with Gasteiger partial charge in [0, 0.05) is 0 Å². The Hall–Kier alpha value is -2.74. The van der Waals surface area contributed by atoms with Crippen LogP contribution in [0.15, 0.2) is 33.6 Å². The summed E-state index contributed by atoms with van der Waals surface area (Å²) in [4.78, 5) is 37.3. The van der Waals surface area contributed by atoms with Gasteiger partial charge in [0.25, 0.3) is 5.91 Å². The summed E-state index contributed by atoms with van der Waals surface area (Å²) in [6, 6.07) is 6.53. The minimum Gasteiger partial charge on any atom is -0.296 e. The number of aromatic amines is 1. The molecule has 1 aliphatic rings. The van der Waals surface area contributed by atoms with Crippen molar-refractivity contribution in [1.29, 1.82) is 0 Å². The van der Waals surface area contributed by atoms with Gasteiger partial charge in [0.2, 0.25) is 5.91 Å². The molecule has 2 amide bonds. The second-order valence-electron chi connectivity index (χ2n) is 5.53. The van der Waals surface area contributed by atoms with Crippen LogP contribution in [0.5, 0.6) is 0 Å². The first kappa shape index (κ1) is 15.2. The third-order valence-electron chi connectivity index (χ3n) is 3.87. The van der Waals surface area contributed by atoms with E-state index in [1.54, 1.807) is 19.2 Å². The van der Waals surface area contributed by atoms with Crippen molar-refractivity contribution < 1.29 is 18.8 Å². The summed E-state index contributed by atoms with van der Waals surface area (Å²) in [7, 11) is 1.63. The van der Waals surface area contributed by atoms with Crippen molar-refractivity contribution in [2.75, 3.05) is 4.90 Å². The Balaban J connectivity index is 1.74. The van der Waals surface area contributed by atoms with Crippen LogP contribution >= 0.6 is 0 Å². The number of anilines is 1. The fourth-order valence-electron chi connectivity index (χ4n) is 2.53. The van der Waals surface area contributed by atoms with E-state index in [0.29, 0.717) is 11.4 Å². The van der Waals surface area contributed by atoms with E-state index in [1.807, 2.05) is 19.1 Å². The maximum absolute atomic E-state index is 12.5. The molecule has 1 aromatic carbocycles.